The molecule has 1 aromatic heterocycles. The van der Waals surface area contributed by atoms with E-state index in [-0.39, 0.29) is 6.42 Å². The molecule has 6 heteroatoms. The lowest BCUT2D eigenvalue weighted by molar-refractivity contribution is -0.146. The van der Waals surface area contributed by atoms with Crippen molar-refractivity contribution in [3.63, 3.8) is 0 Å². The first-order valence-electron chi connectivity index (χ1n) is 5.69. The van der Waals surface area contributed by atoms with Crippen molar-refractivity contribution in [2.45, 2.75) is 6.42 Å². The minimum atomic E-state index is -0.957. The monoisotopic (exact) mass is 250 g/mol. The predicted molar refractivity (Wildman–Crippen MR) is 63.3 cm³/mol. The third-order valence-electron chi connectivity index (χ3n) is 3.12. The summed E-state index contributed by atoms with van der Waals surface area (Å²) in [6.45, 7) is 0.603. The first-order valence-corrected chi connectivity index (χ1v) is 5.69. The zero-order valence-electron chi connectivity index (χ0n) is 9.69. The second kappa shape index (κ2) is 5.03. The Bertz CT molecular complexity index is 427. The number of rotatable bonds is 3. The SMILES string of the molecule is O=C(O)C1CC(C(=O)O)CN(c2ccccn2)C1. The zero-order chi connectivity index (χ0) is 13.1. The summed E-state index contributed by atoms with van der Waals surface area (Å²) in [7, 11) is 0. The first-order chi connectivity index (χ1) is 8.58. The summed E-state index contributed by atoms with van der Waals surface area (Å²) in [6, 6.07) is 5.31. The quantitative estimate of drug-likeness (QED) is 0.820. The molecule has 1 fully saturated rings. The van der Waals surface area contributed by atoms with E-state index in [9.17, 15) is 9.59 Å². The Balaban J connectivity index is 2.20. The van der Waals surface area contributed by atoms with Crippen molar-refractivity contribution in [2.24, 2.45) is 11.8 Å². The minimum Gasteiger partial charge on any atom is -0.481 e. The standard InChI is InChI=1S/C12H14N2O4/c15-11(16)8-5-9(12(17)18)7-14(6-8)10-3-1-2-4-13-10/h1-4,8-9H,5-7H2,(H,15,16)(H,17,18). The van der Waals surface area contributed by atoms with Crippen LogP contribution < -0.4 is 4.90 Å². The van der Waals surface area contributed by atoms with Crippen LogP contribution in [0, 0.1) is 11.8 Å². The molecule has 2 atom stereocenters. The number of aromatic nitrogens is 1. The first kappa shape index (κ1) is 12.3. The topological polar surface area (TPSA) is 90.7 Å². The lowest BCUT2D eigenvalue weighted by atomic mass is 9.89. The van der Waals surface area contributed by atoms with Crippen LogP contribution >= 0.6 is 0 Å². The van der Waals surface area contributed by atoms with Crippen LogP contribution in [0.2, 0.25) is 0 Å². The predicted octanol–water partition coefficient (Wildman–Crippen LogP) is 0.693. The number of hydrogen-bond acceptors (Lipinski definition) is 4. The Morgan fingerprint density at radius 2 is 1.78 bits per heavy atom. The lowest BCUT2D eigenvalue weighted by Crippen LogP contribution is -2.46. The van der Waals surface area contributed by atoms with Gasteiger partial charge in [0, 0.05) is 19.3 Å². The van der Waals surface area contributed by atoms with Crippen molar-refractivity contribution in [1.29, 1.82) is 0 Å². The largest absolute Gasteiger partial charge is 0.481 e. The van der Waals surface area contributed by atoms with Crippen LogP contribution in [0.15, 0.2) is 24.4 Å². The molecule has 96 valence electrons. The van der Waals surface area contributed by atoms with Crippen LogP contribution in [0.5, 0.6) is 0 Å². The number of nitrogens with zero attached hydrogens (tertiary/aromatic N) is 2. The average Bonchev–Trinajstić information content (AvgIpc) is 2.39. The smallest absolute Gasteiger partial charge is 0.308 e. The fourth-order valence-electron chi connectivity index (χ4n) is 2.18. The Kier molecular flexibility index (Phi) is 3.45. The number of aliphatic carboxylic acids is 2. The summed E-state index contributed by atoms with van der Waals surface area (Å²) < 4.78 is 0. The molecule has 0 bridgehead atoms. The van der Waals surface area contributed by atoms with Gasteiger partial charge >= 0.3 is 11.9 Å². The summed E-state index contributed by atoms with van der Waals surface area (Å²) in [4.78, 5) is 28.0. The minimum absolute atomic E-state index is 0.175. The summed E-state index contributed by atoms with van der Waals surface area (Å²) in [5, 5.41) is 18.1. The molecule has 18 heavy (non-hydrogen) atoms. The zero-order valence-corrected chi connectivity index (χ0v) is 9.69. The van der Waals surface area contributed by atoms with Gasteiger partial charge in [0.1, 0.15) is 5.82 Å². The normalized spacial score (nSPS) is 23.7. The second-order valence-corrected chi connectivity index (χ2v) is 4.40. The van der Waals surface area contributed by atoms with E-state index in [1.807, 2.05) is 0 Å². The molecule has 2 unspecified atom stereocenters. The van der Waals surface area contributed by atoms with Gasteiger partial charge < -0.3 is 15.1 Å². The van der Waals surface area contributed by atoms with Gasteiger partial charge in [-0.3, -0.25) is 9.59 Å². The molecular weight excluding hydrogens is 236 g/mol. The molecule has 0 aromatic carbocycles. The molecule has 2 rings (SSSR count). The van der Waals surface area contributed by atoms with E-state index in [0.717, 1.165) is 0 Å². The van der Waals surface area contributed by atoms with Crippen LogP contribution in [0.1, 0.15) is 6.42 Å². The summed E-state index contributed by atoms with van der Waals surface area (Å²) in [5.74, 6) is -2.62. The van der Waals surface area contributed by atoms with Crippen molar-refractivity contribution in [2.75, 3.05) is 18.0 Å². The molecule has 0 saturated carbocycles. The number of carboxylic acid groups (broad SMARTS) is 2. The van der Waals surface area contributed by atoms with Crippen molar-refractivity contribution < 1.29 is 19.8 Å². The maximum atomic E-state index is 11.1. The lowest BCUT2D eigenvalue weighted by Gasteiger charge is -2.35. The summed E-state index contributed by atoms with van der Waals surface area (Å²) in [6.07, 6.45) is 1.78. The Labute approximate surface area is 104 Å². The van der Waals surface area contributed by atoms with Gasteiger partial charge in [0.15, 0.2) is 0 Å². The van der Waals surface area contributed by atoms with E-state index in [1.165, 1.54) is 0 Å². The third kappa shape index (κ3) is 2.58. The van der Waals surface area contributed by atoms with Crippen LogP contribution in [0.25, 0.3) is 0 Å². The fraction of sp³-hybridized carbons (Fsp3) is 0.417. The van der Waals surface area contributed by atoms with E-state index in [1.54, 1.807) is 29.3 Å². The molecule has 2 heterocycles. The molecule has 0 aliphatic carbocycles. The number of piperidine rings is 1. The van der Waals surface area contributed by atoms with Crippen LogP contribution in [0.3, 0.4) is 0 Å². The molecule has 1 aliphatic heterocycles. The molecule has 6 nitrogen and oxygen atoms in total. The van der Waals surface area contributed by atoms with Crippen LogP contribution in [0.4, 0.5) is 5.82 Å². The van der Waals surface area contributed by atoms with Gasteiger partial charge in [-0.05, 0) is 18.6 Å². The summed E-state index contributed by atoms with van der Waals surface area (Å²) >= 11 is 0. The third-order valence-corrected chi connectivity index (χ3v) is 3.12. The van der Waals surface area contributed by atoms with Crippen LogP contribution in [-0.4, -0.2) is 40.2 Å². The number of carboxylic acids is 2. The molecule has 2 N–H and O–H groups in total. The van der Waals surface area contributed by atoms with E-state index >= 15 is 0 Å². The average molecular weight is 250 g/mol. The maximum Gasteiger partial charge on any atom is 0.308 e. The highest BCUT2D eigenvalue weighted by Gasteiger charge is 2.35. The molecule has 1 saturated heterocycles. The number of carbonyl (C=O) groups is 2. The van der Waals surface area contributed by atoms with Gasteiger partial charge in [0.25, 0.3) is 0 Å². The molecule has 0 spiro atoms. The van der Waals surface area contributed by atoms with Gasteiger partial charge in [0.05, 0.1) is 11.8 Å². The van der Waals surface area contributed by atoms with Crippen molar-refractivity contribution in [3.8, 4) is 0 Å². The number of hydrogen-bond donors (Lipinski definition) is 2. The van der Waals surface area contributed by atoms with Crippen LogP contribution in [-0.2, 0) is 9.59 Å². The van der Waals surface area contributed by atoms with Gasteiger partial charge in [-0.15, -0.1) is 0 Å². The van der Waals surface area contributed by atoms with E-state index in [2.05, 4.69) is 4.98 Å². The highest BCUT2D eigenvalue weighted by Crippen LogP contribution is 2.25. The maximum absolute atomic E-state index is 11.1. The number of anilines is 1. The molecule has 1 aliphatic rings. The Morgan fingerprint density at radius 3 is 2.22 bits per heavy atom. The van der Waals surface area contributed by atoms with E-state index in [4.69, 9.17) is 10.2 Å². The van der Waals surface area contributed by atoms with Crippen molar-refractivity contribution >= 4 is 17.8 Å². The second-order valence-electron chi connectivity index (χ2n) is 4.40. The van der Waals surface area contributed by atoms with E-state index < -0.39 is 23.8 Å². The van der Waals surface area contributed by atoms with Gasteiger partial charge in [-0.1, -0.05) is 6.07 Å². The number of pyridine rings is 1. The Morgan fingerprint density at radius 1 is 1.17 bits per heavy atom. The van der Waals surface area contributed by atoms with Crippen molar-refractivity contribution in [3.05, 3.63) is 24.4 Å². The molecular formula is C12H14N2O4. The Hall–Kier alpha value is -2.11. The van der Waals surface area contributed by atoms with Crippen molar-refractivity contribution in [1.82, 2.24) is 4.98 Å². The highest BCUT2D eigenvalue weighted by atomic mass is 16.4. The van der Waals surface area contributed by atoms with E-state index in [0.29, 0.717) is 18.9 Å². The molecule has 0 amide bonds. The summed E-state index contributed by atoms with van der Waals surface area (Å²) in [5.41, 5.74) is 0. The van der Waals surface area contributed by atoms with Gasteiger partial charge in [-0.25, -0.2) is 4.98 Å². The van der Waals surface area contributed by atoms with Gasteiger partial charge in [-0.2, -0.15) is 0 Å². The fourth-order valence-corrected chi connectivity index (χ4v) is 2.18. The molecule has 1 aromatic rings. The van der Waals surface area contributed by atoms with Gasteiger partial charge in [0.2, 0.25) is 0 Å². The molecule has 0 radical (unpaired) electrons. The highest BCUT2D eigenvalue weighted by molar-refractivity contribution is 5.76.